The maximum absolute atomic E-state index is 2.58. The highest BCUT2D eigenvalue weighted by Crippen LogP contribution is 2.55. The minimum atomic E-state index is 0.0844. The molecule has 6 aromatic carbocycles. The zero-order valence-corrected chi connectivity index (χ0v) is 33.1. The lowest BCUT2D eigenvalue weighted by Crippen LogP contribution is -2.25. The van der Waals surface area contributed by atoms with Crippen molar-refractivity contribution in [2.75, 3.05) is 4.90 Å². The van der Waals surface area contributed by atoms with E-state index in [-0.39, 0.29) is 5.41 Å². The summed E-state index contributed by atoms with van der Waals surface area (Å²) in [5, 5.41) is 0. The normalized spacial score (nSPS) is 13.6. The van der Waals surface area contributed by atoms with Crippen molar-refractivity contribution in [3.05, 3.63) is 161 Å². The van der Waals surface area contributed by atoms with Crippen LogP contribution < -0.4 is 4.90 Å². The molecule has 1 nitrogen and oxygen atoms in total. The maximum Gasteiger partial charge on any atom is 0.0467 e. The molecule has 0 N–H and O–H groups in total. The van der Waals surface area contributed by atoms with E-state index in [2.05, 4.69) is 160 Å². The molecule has 0 spiro atoms. The molecule has 0 amide bonds. The van der Waals surface area contributed by atoms with E-state index in [4.69, 9.17) is 0 Å². The molecule has 0 fully saturated rings. The van der Waals surface area contributed by atoms with Crippen molar-refractivity contribution < 1.29 is 0 Å². The van der Waals surface area contributed by atoms with Crippen molar-refractivity contribution in [1.82, 2.24) is 0 Å². The number of fused-ring (bicyclic) bond motifs is 4. The van der Waals surface area contributed by atoms with Gasteiger partial charge in [0, 0.05) is 22.5 Å². The molecule has 0 heterocycles. The lowest BCUT2D eigenvalue weighted by atomic mass is 9.70. The third kappa shape index (κ3) is 7.06. The minimum Gasteiger partial charge on any atom is -0.310 e. The van der Waals surface area contributed by atoms with Gasteiger partial charge in [0.2, 0.25) is 0 Å². The van der Waals surface area contributed by atoms with Crippen LogP contribution in [0.3, 0.4) is 0 Å². The summed E-state index contributed by atoms with van der Waals surface area (Å²) in [5.74, 6) is 0. The Kier molecular flexibility index (Phi) is 10.6. The number of rotatable bonds is 15. The molecule has 0 bridgehead atoms. The van der Waals surface area contributed by atoms with E-state index in [1.807, 2.05) is 0 Å². The summed E-state index contributed by atoms with van der Waals surface area (Å²) in [4.78, 5) is 2.41. The van der Waals surface area contributed by atoms with E-state index in [1.54, 1.807) is 11.1 Å². The summed E-state index contributed by atoms with van der Waals surface area (Å²) in [5.41, 5.74) is 20.5. The molecule has 2 aliphatic rings. The molecular formula is C53H57N. The molecule has 0 aromatic heterocycles. The van der Waals surface area contributed by atoms with Crippen LogP contribution in [0.2, 0.25) is 0 Å². The van der Waals surface area contributed by atoms with Gasteiger partial charge < -0.3 is 4.90 Å². The van der Waals surface area contributed by atoms with Crippen molar-refractivity contribution >= 4 is 17.1 Å². The Hall–Kier alpha value is -4.88. The Morgan fingerprint density at radius 1 is 0.444 bits per heavy atom. The number of benzene rings is 6. The van der Waals surface area contributed by atoms with Gasteiger partial charge in [0.05, 0.1) is 0 Å². The van der Waals surface area contributed by atoms with Crippen molar-refractivity contribution in [3.8, 4) is 33.4 Å². The molecular weight excluding hydrogens is 651 g/mol. The fourth-order valence-corrected chi connectivity index (χ4v) is 9.30. The van der Waals surface area contributed by atoms with Gasteiger partial charge in [0.25, 0.3) is 0 Å². The molecule has 0 aliphatic heterocycles. The second-order valence-electron chi connectivity index (χ2n) is 16.3. The predicted molar refractivity (Wildman–Crippen MR) is 233 cm³/mol. The van der Waals surface area contributed by atoms with Crippen LogP contribution in [-0.2, 0) is 18.3 Å². The zero-order valence-electron chi connectivity index (χ0n) is 33.1. The lowest BCUT2D eigenvalue weighted by Gasteiger charge is -2.33. The second-order valence-corrected chi connectivity index (χ2v) is 16.3. The standard InChI is InChI=1S/C53H57N/c1-5-7-9-11-32-53(33-12-10-8-6-2)51-34-39(4)18-30-49(51)50-31-25-45(37-52(50)53)41-23-28-47(29-24-41)54(46-26-16-38(3)17-27-46)48-15-13-14-42(36-48)44-22-20-40-19-21-43(40)35-44/h13-18,20,22-31,34-37H,5-12,19,21,32-33H2,1-4H3. The topological polar surface area (TPSA) is 3.24 Å². The summed E-state index contributed by atoms with van der Waals surface area (Å²) in [6.07, 6.45) is 15.3. The summed E-state index contributed by atoms with van der Waals surface area (Å²) in [6.45, 7) is 9.09. The van der Waals surface area contributed by atoms with Crippen molar-refractivity contribution in [3.63, 3.8) is 0 Å². The molecule has 2 aliphatic carbocycles. The highest BCUT2D eigenvalue weighted by Gasteiger charge is 2.42. The fourth-order valence-electron chi connectivity index (χ4n) is 9.30. The smallest absolute Gasteiger partial charge is 0.0467 e. The maximum atomic E-state index is 2.58. The monoisotopic (exact) mass is 707 g/mol. The van der Waals surface area contributed by atoms with E-state index in [0.717, 1.165) is 0 Å². The van der Waals surface area contributed by atoms with Gasteiger partial charge in [-0.1, -0.05) is 161 Å². The SMILES string of the molecule is CCCCCCC1(CCCCCC)c2cc(C)ccc2-c2ccc(-c3ccc(N(c4ccc(C)cc4)c4cccc(-c5ccc6c(c5)CC6)c4)cc3)cc21. The van der Waals surface area contributed by atoms with Crippen LogP contribution in [0, 0.1) is 13.8 Å². The Morgan fingerprint density at radius 2 is 1.00 bits per heavy atom. The van der Waals surface area contributed by atoms with Crippen molar-refractivity contribution in [2.24, 2.45) is 0 Å². The molecule has 1 heteroatoms. The predicted octanol–water partition coefficient (Wildman–Crippen LogP) is 15.4. The van der Waals surface area contributed by atoms with Crippen LogP contribution in [0.4, 0.5) is 17.1 Å². The van der Waals surface area contributed by atoms with Crippen LogP contribution in [0.15, 0.2) is 127 Å². The first-order valence-corrected chi connectivity index (χ1v) is 20.9. The number of hydrogen-bond donors (Lipinski definition) is 0. The van der Waals surface area contributed by atoms with Gasteiger partial charge in [-0.25, -0.2) is 0 Å². The number of unbranched alkanes of at least 4 members (excludes halogenated alkanes) is 6. The molecule has 0 atom stereocenters. The highest BCUT2D eigenvalue weighted by molar-refractivity contribution is 5.85. The summed E-state index contributed by atoms with van der Waals surface area (Å²) >= 11 is 0. The first kappa shape index (κ1) is 36.1. The molecule has 8 rings (SSSR count). The van der Waals surface area contributed by atoms with Crippen LogP contribution in [0.5, 0.6) is 0 Å². The zero-order chi connectivity index (χ0) is 37.1. The summed E-state index contributed by atoms with van der Waals surface area (Å²) in [6, 6.07) is 49.0. The largest absolute Gasteiger partial charge is 0.310 e. The van der Waals surface area contributed by atoms with Gasteiger partial charge in [-0.3, -0.25) is 0 Å². The van der Waals surface area contributed by atoms with Gasteiger partial charge in [-0.2, -0.15) is 0 Å². The molecule has 0 saturated heterocycles. The van der Waals surface area contributed by atoms with Gasteiger partial charge in [-0.05, 0) is 138 Å². The quantitative estimate of drug-likeness (QED) is 0.0961. The highest BCUT2D eigenvalue weighted by atomic mass is 15.1. The van der Waals surface area contributed by atoms with E-state index in [1.165, 1.54) is 150 Å². The third-order valence-electron chi connectivity index (χ3n) is 12.5. The molecule has 274 valence electrons. The molecule has 0 unspecified atom stereocenters. The average molecular weight is 708 g/mol. The average Bonchev–Trinajstić information content (AvgIpc) is 3.44. The number of aryl methyl sites for hydroxylation is 4. The molecule has 0 radical (unpaired) electrons. The number of hydrogen-bond acceptors (Lipinski definition) is 1. The number of nitrogens with zero attached hydrogens (tertiary/aromatic N) is 1. The summed E-state index contributed by atoms with van der Waals surface area (Å²) in [7, 11) is 0. The lowest BCUT2D eigenvalue weighted by molar-refractivity contribution is 0.401. The minimum absolute atomic E-state index is 0.0844. The van der Waals surface area contributed by atoms with Crippen LogP contribution in [0.1, 0.15) is 111 Å². The van der Waals surface area contributed by atoms with Gasteiger partial charge >= 0.3 is 0 Å². The fraction of sp³-hybridized carbons (Fsp3) is 0.321. The van der Waals surface area contributed by atoms with Crippen LogP contribution in [0.25, 0.3) is 33.4 Å². The van der Waals surface area contributed by atoms with E-state index in [9.17, 15) is 0 Å². The Labute approximate surface area is 325 Å². The van der Waals surface area contributed by atoms with E-state index < -0.39 is 0 Å². The van der Waals surface area contributed by atoms with Gasteiger partial charge in [0.1, 0.15) is 0 Å². The molecule has 0 saturated carbocycles. The summed E-state index contributed by atoms with van der Waals surface area (Å²) < 4.78 is 0. The Balaban J connectivity index is 1.16. The third-order valence-corrected chi connectivity index (χ3v) is 12.5. The van der Waals surface area contributed by atoms with Crippen molar-refractivity contribution in [2.45, 2.75) is 110 Å². The van der Waals surface area contributed by atoms with Crippen LogP contribution >= 0.6 is 0 Å². The Morgan fingerprint density at radius 3 is 1.65 bits per heavy atom. The molecule has 54 heavy (non-hydrogen) atoms. The first-order valence-electron chi connectivity index (χ1n) is 20.9. The number of anilines is 3. The second kappa shape index (κ2) is 15.8. The van der Waals surface area contributed by atoms with Gasteiger partial charge in [-0.15, -0.1) is 0 Å². The molecule has 6 aromatic rings. The van der Waals surface area contributed by atoms with E-state index in [0.29, 0.717) is 0 Å². The van der Waals surface area contributed by atoms with E-state index >= 15 is 0 Å². The first-order chi connectivity index (χ1) is 26.5. The van der Waals surface area contributed by atoms with Gasteiger partial charge in [0.15, 0.2) is 0 Å². The Bertz CT molecular complexity index is 2210. The van der Waals surface area contributed by atoms with Crippen molar-refractivity contribution in [1.29, 1.82) is 0 Å². The van der Waals surface area contributed by atoms with Crippen LogP contribution in [-0.4, -0.2) is 0 Å².